The number of carbonyl (C=O) groups is 1. The third-order valence-electron chi connectivity index (χ3n) is 5.82. The highest BCUT2D eigenvalue weighted by atomic mass is 35.5. The first-order chi connectivity index (χ1) is 13.7. The van der Waals surface area contributed by atoms with Crippen molar-refractivity contribution in [2.24, 2.45) is 11.8 Å². The Labute approximate surface area is 166 Å². The third kappa shape index (κ3) is 2.98. The van der Waals surface area contributed by atoms with Crippen LogP contribution in [-0.4, -0.2) is 32.4 Å². The number of rotatable bonds is 3. The molecule has 7 nitrogen and oxygen atoms in total. The number of nitrogens with one attached hydrogen (secondary N) is 2. The molecule has 2 aliphatic carbocycles. The van der Waals surface area contributed by atoms with Crippen LogP contribution in [-0.2, 0) is 11.8 Å². The molecule has 1 amide bonds. The van der Waals surface area contributed by atoms with Gasteiger partial charge in [-0.3, -0.25) is 9.89 Å². The van der Waals surface area contributed by atoms with Crippen molar-refractivity contribution in [2.45, 2.75) is 30.7 Å². The van der Waals surface area contributed by atoms with Gasteiger partial charge in [0, 0.05) is 22.5 Å². The molecule has 0 unspecified atom stereocenters. The van der Waals surface area contributed by atoms with E-state index in [2.05, 4.69) is 25.2 Å². The predicted molar refractivity (Wildman–Crippen MR) is 94.0 cm³/mol. The number of H-pyrrole nitrogens is 1. The van der Waals surface area contributed by atoms with Crippen molar-refractivity contribution in [1.82, 2.24) is 20.7 Å². The van der Waals surface area contributed by atoms with Gasteiger partial charge in [-0.25, -0.2) is 0 Å². The monoisotopic (exact) mass is 426 g/mol. The van der Waals surface area contributed by atoms with Crippen LogP contribution in [0.4, 0.5) is 13.2 Å². The molecule has 5 rings (SSSR count). The molecular formula is C18H14ClF3N4O3. The van der Waals surface area contributed by atoms with E-state index in [0.29, 0.717) is 29.5 Å². The summed E-state index contributed by atoms with van der Waals surface area (Å²) >= 11 is 6.16. The van der Waals surface area contributed by atoms with Crippen molar-refractivity contribution in [1.29, 1.82) is 0 Å². The second-order valence-electron chi connectivity index (χ2n) is 7.63. The Bertz CT molecular complexity index is 1110. The zero-order chi connectivity index (χ0) is 20.6. The SMILES string of the molecule is O=C(N[C@@H]1[C@@H]2C[C@@](O)(c3cc(Cl)cc4[nH]ncc34)C[C@@H]21)c1cc(C(F)(F)F)on1. The minimum atomic E-state index is -4.70. The van der Waals surface area contributed by atoms with Gasteiger partial charge in [-0.15, -0.1) is 0 Å². The van der Waals surface area contributed by atoms with E-state index in [9.17, 15) is 23.1 Å². The molecule has 2 aliphatic rings. The molecule has 11 heteroatoms. The van der Waals surface area contributed by atoms with Gasteiger partial charge in [0.2, 0.25) is 5.76 Å². The van der Waals surface area contributed by atoms with Gasteiger partial charge in [-0.1, -0.05) is 16.8 Å². The molecule has 29 heavy (non-hydrogen) atoms. The minimum absolute atomic E-state index is 0.0128. The van der Waals surface area contributed by atoms with Gasteiger partial charge in [0.1, 0.15) is 0 Å². The molecule has 0 spiro atoms. The summed E-state index contributed by atoms with van der Waals surface area (Å²) in [5.74, 6) is -2.02. The van der Waals surface area contributed by atoms with Crippen LogP contribution in [0.2, 0.25) is 5.02 Å². The normalized spacial score (nSPS) is 28.5. The smallest absolute Gasteiger partial charge is 0.385 e. The molecule has 152 valence electrons. The molecule has 1 aromatic carbocycles. The maximum atomic E-state index is 12.6. The van der Waals surface area contributed by atoms with Crippen molar-refractivity contribution < 1.29 is 27.6 Å². The molecule has 2 aromatic heterocycles. The number of halogens is 4. The first-order valence-corrected chi connectivity index (χ1v) is 9.24. The zero-order valence-electron chi connectivity index (χ0n) is 14.6. The van der Waals surface area contributed by atoms with E-state index in [1.54, 1.807) is 18.3 Å². The first kappa shape index (κ1) is 18.4. The number of carbonyl (C=O) groups excluding carboxylic acids is 1. The molecule has 2 heterocycles. The lowest BCUT2D eigenvalue weighted by molar-refractivity contribution is -0.155. The van der Waals surface area contributed by atoms with Crippen molar-refractivity contribution in [3.05, 3.63) is 46.4 Å². The average Bonchev–Trinajstić information content (AvgIpc) is 3.16. The summed E-state index contributed by atoms with van der Waals surface area (Å²) in [5.41, 5.74) is -0.135. The maximum absolute atomic E-state index is 12.6. The fraction of sp³-hybridized carbons (Fsp3) is 0.389. The Morgan fingerprint density at radius 1 is 1.31 bits per heavy atom. The third-order valence-corrected chi connectivity index (χ3v) is 6.04. The maximum Gasteiger partial charge on any atom is 0.452 e. The van der Waals surface area contributed by atoms with Gasteiger partial charge in [-0.05, 0) is 42.4 Å². The van der Waals surface area contributed by atoms with Gasteiger partial charge >= 0.3 is 6.18 Å². The van der Waals surface area contributed by atoms with Gasteiger partial charge in [0.05, 0.1) is 17.3 Å². The molecule has 2 saturated carbocycles. The predicted octanol–water partition coefficient (Wildman–Crippen LogP) is 3.25. The number of amides is 1. The quantitative estimate of drug-likeness (QED) is 0.596. The first-order valence-electron chi connectivity index (χ1n) is 8.86. The highest BCUT2D eigenvalue weighted by molar-refractivity contribution is 6.31. The van der Waals surface area contributed by atoms with Crippen LogP contribution in [0.25, 0.3) is 10.9 Å². The Hall–Kier alpha value is -2.59. The van der Waals surface area contributed by atoms with Gasteiger partial charge in [0.15, 0.2) is 5.69 Å². The molecule has 0 bridgehead atoms. The second kappa shape index (κ2) is 5.96. The van der Waals surface area contributed by atoms with Gasteiger partial charge in [-0.2, -0.15) is 18.3 Å². The summed E-state index contributed by atoms with van der Waals surface area (Å²) in [7, 11) is 0. The Morgan fingerprint density at radius 2 is 2.03 bits per heavy atom. The molecule has 3 N–H and O–H groups in total. The number of aromatic amines is 1. The van der Waals surface area contributed by atoms with E-state index in [4.69, 9.17) is 11.6 Å². The summed E-state index contributed by atoms with van der Waals surface area (Å²) in [6, 6.07) is 3.78. The number of hydrogen-bond donors (Lipinski definition) is 3. The minimum Gasteiger partial charge on any atom is -0.385 e. The topological polar surface area (TPSA) is 104 Å². The van der Waals surface area contributed by atoms with E-state index in [1.165, 1.54) is 0 Å². The molecule has 0 radical (unpaired) electrons. The summed E-state index contributed by atoms with van der Waals surface area (Å²) in [6.07, 6.45) is -2.27. The van der Waals surface area contributed by atoms with Crippen LogP contribution in [0.1, 0.15) is 34.7 Å². The fourth-order valence-electron chi connectivity index (χ4n) is 4.44. The van der Waals surface area contributed by atoms with Crippen molar-refractivity contribution in [3.63, 3.8) is 0 Å². The highest BCUT2D eigenvalue weighted by Gasteiger charge is 2.62. The largest absolute Gasteiger partial charge is 0.452 e. The van der Waals surface area contributed by atoms with E-state index in [0.717, 1.165) is 10.9 Å². The summed E-state index contributed by atoms with van der Waals surface area (Å²) in [6.45, 7) is 0. The number of hydrogen-bond acceptors (Lipinski definition) is 5. The van der Waals surface area contributed by atoms with Crippen molar-refractivity contribution in [2.75, 3.05) is 0 Å². The van der Waals surface area contributed by atoms with Crippen molar-refractivity contribution in [3.8, 4) is 0 Å². The van der Waals surface area contributed by atoms with Crippen LogP contribution >= 0.6 is 11.6 Å². The van der Waals surface area contributed by atoms with E-state index < -0.39 is 29.1 Å². The molecule has 0 saturated heterocycles. The number of aliphatic hydroxyl groups is 1. The molecule has 3 aromatic rings. The van der Waals surface area contributed by atoms with E-state index in [1.807, 2.05) is 0 Å². The van der Waals surface area contributed by atoms with Crippen LogP contribution < -0.4 is 5.32 Å². The van der Waals surface area contributed by atoms with E-state index >= 15 is 0 Å². The number of aromatic nitrogens is 3. The summed E-state index contributed by atoms with van der Waals surface area (Å²) in [4.78, 5) is 12.2. The zero-order valence-corrected chi connectivity index (χ0v) is 15.4. The number of fused-ring (bicyclic) bond motifs is 2. The second-order valence-corrected chi connectivity index (χ2v) is 8.06. The Morgan fingerprint density at radius 3 is 2.69 bits per heavy atom. The molecule has 4 atom stereocenters. The lowest BCUT2D eigenvalue weighted by Gasteiger charge is -2.27. The average molecular weight is 427 g/mol. The van der Waals surface area contributed by atoms with Crippen LogP contribution in [0.15, 0.2) is 28.9 Å². The van der Waals surface area contributed by atoms with Gasteiger partial charge < -0.3 is 14.9 Å². The molecule has 2 fully saturated rings. The van der Waals surface area contributed by atoms with E-state index in [-0.39, 0.29) is 17.9 Å². The summed E-state index contributed by atoms with van der Waals surface area (Å²) < 4.78 is 41.9. The molecular weight excluding hydrogens is 413 g/mol. The standard InChI is InChI=1S/C18H14ClF3N4O3/c19-7-1-11(10-6-23-25-12(10)2-7)17(28)4-8-9(5-17)15(8)24-16(27)13-3-14(29-26-13)18(20,21)22/h1-3,6,8-9,15,28H,4-5H2,(H,23,25)(H,24,27)/t8-,9+,15-,17+. The number of benzene rings is 1. The highest BCUT2D eigenvalue weighted by Crippen LogP contribution is 2.60. The van der Waals surface area contributed by atoms with Crippen LogP contribution in [0, 0.1) is 11.8 Å². The van der Waals surface area contributed by atoms with Crippen LogP contribution in [0.3, 0.4) is 0 Å². The lowest BCUT2D eigenvalue weighted by Crippen LogP contribution is -2.33. The fourth-order valence-corrected chi connectivity index (χ4v) is 4.66. The molecule has 0 aliphatic heterocycles. The Kier molecular flexibility index (Phi) is 3.79. The van der Waals surface area contributed by atoms with Gasteiger partial charge in [0.25, 0.3) is 5.91 Å². The lowest BCUT2D eigenvalue weighted by atomic mass is 9.86. The number of alkyl halides is 3. The summed E-state index contributed by atoms with van der Waals surface area (Å²) in [5, 5.41) is 25.2. The Balaban J connectivity index is 1.29. The van der Waals surface area contributed by atoms with Crippen LogP contribution in [0.5, 0.6) is 0 Å². The number of nitrogens with zero attached hydrogens (tertiary/aromatic N) is 2. The van der Waals surface area contributed by atoms with Crippen molar-refractivity contribution >= 4 is 28.4 Å².